The lowest BCUT2D eigenvalue weighted by atomic mass is 9.79. The van der Waals surface area contributed by atoms with E-state index in [-0.39, 0.29) is 47.2 Å². The van der Waals surface area contributed by atoms with Gasteiger partial charge in [-0.2, -0.15) is 0 Å². The molecular weight excluding hydrogens is 426 g/mol. The minimum Gasteiger partial charge on any atom is -0.393 e. The normalized spacial score (nSPS) is 38.3. The average molecular weight is 456 g/mol. The van der Waals surface area contributed by atoms with Crippen LogP contribution in [-0.4, -0.2) is 83.4 Å². The Bertz CT molecular complexity index is 804. The zero-order chi connectivity index (χ0) is 22.4. The van der Waals surface area contributed by atoms with Crippen LogP contribution in [0.4, 0.5) is 0 Å². The Morgan fingerprint density at radius 2 is 2.19 bits per heavy atom. The number of esters is 2. The molecule has 4 rings (SSSR count). The summed E-state index contributed by atoms with van der Waals surface area (Å²) in [5.74, 6) is -2.60. The fourth-order valence-corrected chi connectivity index (χ4v) is 6.35. The maximum atomic E-state index is 12.7. The highest BCUT2D eigenvalue weighted by Crippen LogP contribution is 2.52. The van der Waals surface area contributed by atoms with Crippen LogP contribution in [0.2, 0.25) is 0 Å². The zero-order valence-electron chi connectivity index (χ0n) is 17.8. The Labute approximate surface area is 184 Å². The molecule has 4 aliphatic rings. The fraction of sp³-hybridized carbons (Fsp3) is 0.750. The van der Waals surface area contributed by atoms with Crippen LogP contribution < -0.4 is 11.1 Å². The lowest BCUT2D eigenvalue weighted by Crippen LogP contribution is -2.63. The molecule has 4 N–H and O–H groups in total. The van der Waals surface area contributed by atoms with Crippen LogP contribution in [0.25, 0.3) is 0 Å². The van der Waals surface area contributed by atoms with Crippen LogP contribution in [-0.2, 0) is 28.6 Å². The van der Waals surface area contributed by atoms with Gasteiger partial charge in [0.2, 0.25) is 5.91 Å². The summed E-state index contributed by atoms with van der Waals surface area (Å²) in [5.41, 5.74) is 5.77. The molecule has 4 aliphatic heterocycles. The minimum absolute atomic E-state index is 0.00264. The molecule has 10 nitrogen and oxygen atoms in total. The summed E-state index contributed by atoms with van der Waals surface area (Å²) in [4.78, 5) is 38.9. The first-order valence-electron chi connectivity index (χ1n) is 10.6. The van der Waals surface area contributed by atoms with Gasteiger partial charge in [0, 0.05) is 36.1 Å². The van der Waals surface area contributed by atoms with Crippen LogP contribution in [0.5, 0.6) is 0 Å². The second kappa shape index (κ2) is 8.80. The van der Waals surface area contributed by atoms with Gasteiger partial charge in [0.15, 0.2) is 6.29 Å². The largest absolute Gasteiger partial charge is 0.393 e. The number of nitrogens with one attached hydrogen (secondary N) is 1. The molecule has 3 saturated heterocycles. The van der Waals surface area contributed by atoms with Gasteiger partial charge >= 0.3 is 11.9 Å². The van der Waals surface area contributed by atoms with Crippen LogP contribution in [0.3, 0.4) is 0 Å². The first kappa shape index (κ1) is 22.7. The zero-order valence-corrected chi connectivity index (χ0v) is 18.6. The SMILES string of the molecule is CC(=O)OC(=O)C1=C(S[C@@H]2CN[C@H](C3OCC(CN)O3)C2)[C@H](C)[C@@H]2[C@@H]([C@@H](C)O)C(=O)N12. The predicted octanol–water partition coefficient (Wildman–Crippen LogP) is -0.691. The number of nitrogens with zero attached hydrogens (tertiary/aromatic N) is 1. The van der Waals surface area contributed by atoms with Crippen molar-refractivity contribution < 1.29 is 33.7 Å². The Hall–Kier alpha value is -1.50. The summed E-state index contributed by atoms with van der Waals surface area (Å²) in [5, 5.41) is 13.6. The number of hydrogen-bond donors (Lipinski definition) is 3. The number of ether oxygens (including phenoxy) is 3. The highest BCUT2D eigenvalue weighted by Gasteiger charge is 2.60. The Balaban J connectivity index is 1.51. The number of aliphatic hydroxyl groups is 1. The first-order chi connectivity index (χ1) is 14.7. The van der Waals surface area contributed by atoms with Crippen LogP contribution in [0.15, 0.2) is 10.6 Å². The summed E-state index contributed by atoms with van der Waals surface area (Å²) in [6, 6.07) is -0.315. The van der Waals surface area contributed by atoms with E-state index in [1.165, 1.54) is 16.7 Å². The monoisotopic (exact) mass is 455 g/mol. The fourth-order valence-electron chi connectivity index (χ4n) is 4.86. The number of rotatable bonds is 6. The molecule has 0 aromatic carbocycles. The third-order valence-corrected chi connectivity index (χ3v) is 7.83. The molecule has 0 aromatic heterocycles. The molecule has 8 atom stereocenters. The minimum atomic E-state index is -0.824. The van der Waals surface area contributed by atoms with Crippen molar-refractivity contribution in [3.8, 4) is 0 Å². The summed E-state index contributed by atoms with van der Waals surface area (Å²) in [6.45, 7) is 6.22. The highest BCUT2D eigenvalue weighted by molar-refractivity contribution is 8.03. The van der Waals surface area contributed by atoms with Gasteiger partial charge in [-0.3, -0.25) is 9.59 Å². The standard InChI is InChI=1S/C20H29N3O7S/c1-8-15-14(9(2)24)18(26)23(15)16(19(27)29-10(3)25)17(8)31-12-4-13(22-6-12)20-28-7-11(5-21)30-20/h8-9,11-15,20,22,24H,4-7,21H2,1-3H3/t8-,9-,11?,12+,13+,14-,15-,20?/m1/s1. The van der Waals surface area contributed by atoms with Crippen molar-refractivity contribution in [2.24, 2.45) is 17.6 Å². The van der Waals surface area contributed by atoms with E-state index >= 15 is 0 Å². The lowest BCUT2D eigenvalue weighted by molar-refractivity contribution is -0.167. The maximum Gasteiger partial charge on any atom is 0.363 e. The van der Waals surface area contributed by atoms with Crippen molar-refractivity contribution in [3.63, 3.8) is 0 Å². The second-order valence-electron chi connectivity index (χ2n) is 8.53. The Kier molecular flexibility index (Phi) is 6.44. The van der Waals surface area contributed by atoms with Crippen LogP contribution >= 0.6 is 11.8 Å². The predicted molar refractivity (Wildman–Crippen MR) is 110 cm³/mol. The number of nitrogens with two attached hydrogens (primary N) is 1. The molecule has 31 heavy (non-hydrogen) atoms. The summed E-state index contributed by atoms with van der Waals surface area (Å²) in [7, 11) is 0. The van der Waals surface area contributed by atoms with E-state index in [2.05, 4.69) is 5.32 Å². The van der Waals surface area contributed by atoms with Crippen molar-refractivity contribution in [1.82, 2.24) is 10.2 Å². The van der Waals surface area contributed by atoms with Crippen LogP contribution in [0, 0.1) is 11.8 Å². The third kappa shape index (κ3) is 4.03. The number of thioether (sulfide) groups is 1. The molecule has 0 spiro atoms. The lowest BCUT2D eigenvalue weighted by Gasteiger charge is -2.46. The molecule has 11 heteroatoms. The number of hydrogen-bond acceptors (Lipinski definition) is 10. The molecule has 0 radical (unpaired) electrons. The number of carbonyl (C=O) groups excluding carboxylic acids is 3. The van der Waals surface area contributed by atoms with E-state index in [1.54, 1.807) is 6.92 Å². The number of fused-ring (bicyclic) bond motifs is 1. The van der Waals surface area contributed by atoms with Crippen molar-refractivity contribution in [3.05, 3.63) is 10.6 Å². The van der Waals surface area contributed by atoms with Gasteiger partial charge in [-0.1, -0.05) is 6.92 Å². The summed E-state index contributed by atoms with van der Waals surface area (Å²) in [6.07, 6.45) is -0.542. The van der Waals surface area contributed by atoms with E-state index in [0.29, 0.717) is 24.6 Å². The summed E-state index contributed by atoms with van der Waals surface area (Å²) >= 11 is 1.51. The molecule has 0 aromatic rings. The smallest absolute Gasteiger partial charge is 0.363 e. The molecule has 0 aliphatic carbocycles. The van der Waals surface area contributed by atoms with Gasteiger partial charge in [-0.05, 0) is 13.3 Å². The number of β-lactam (4-membered cyclic amide) rings is 1. The molecule has 0 bridgehead atoms. The molecule has 3 fully saturated rings. The molecule has 2 unspecified atom stereocenters. The maximum absolute atomic E-state index is 12.7. The van der Waals surface area contributed by atoms with E-state index in [4.69, 9.17) is 19.9 Å². The molecule has 0 saturated carbocycles. The highest BCUT2D eigenvalue weighted by atomic mass is 32.2. The van der Waals surface area contributed by atoms with Gasteiger partial charge in [0.1, 0.15) is 5.70 Å². The van der Waals surface area contributed by atoms with Gasteiger partial charge in [-0.25, -0.2) is 4.79 Å². The van der Waals surface area contributed by atoms with Gasteiger partial charge < -0.3 is 35.3 Å². The number of amides is 1. The molecule has 4 heterocycles. The summed E-state index contributed by atoms with van der Waals surface area (Å²) < 4.78 is 16.3. The quantitative estimate of drug-likeness (QED) is 0.268. The number of aliphatic hydroxyl groups excluding tert-OH is 1. The van der Waals surface area contributed by atoms with E-state index in [9.17, 15) is 19.5 Å². The van der Waals surface area contributed by atoms with Crippen molar-refractivity contribution in [2.75, 3.05) is 19.7 Å². The molecule has 172 valence electrons. The van der Waals surface area contributed by atoms with Gasteiger partial charge in [-0.15, -0.1) is 11.8 Å². The van der Waals surface area contributed by atoms with Crippen LogP contribution in [0.1, 0.15) is 27.2 Å². The molecular formula is C20H29N3O7S. The van der Waals surface area contributed by atoms with Gasteiger partial charge in [0.05, 0.1) is 36.8 Å². The van der Waals surface area contributed by atoms with Gasteiger partial charge in [0.25, 0.3) is 0 Å². The van der Waals surface area contributed by atoms with Crippen molar-refractivity contribution in [2.45, 2.75) is 63.0 Å². The average Bonchev–Trinajstić information content (AvgIpc) is 3.39. The topological polar surface area (TPSA) is 140 Å². The van der Waals surface area contributed by atoms with E-state index < -0.39 is 24.0 Å². The molecule has 1 amide bonds. The Morgan fingerprint density at radius 1 is 1.45 bits per heavy atom. The van der Waals surface area contributed by atoms with Crippen molar-refractivity contribution in [1.29, 1.82) is 0 Å². The number of carbonyl (C=O) groups is 3. The van der Waals surface area contributed by atoms with Crippen molar-refractivity contribution >= 4 is 29.6 Å². The van der Waals surface area contributed by atoms with E-state index in [0.717, 1.165) is 13.3 Å². The second-order valence-corrected chi connectivity index (χ2v) is 9.88. The third-order valence-electron chi connectivity index (χ3n) is 6.32. The van der Waals surface area contributed by atoms with E-state index in [1.807, 2.05) is 6.92 Å². The Morgan fingerprint density at radius 3 is 2.81 bits per heavy atom. The first-order valence-corrected chi connectivity index (χ1v) is 11.5.